The van der Waals surface area contributed by atoms with Crippen molar-refractivity contribution < 1.29 is 8.42 Å². The van der Waals surface area contributed by atoms with Crippen molar-refractivity contribution in [2.24, 2.45) is 0 Å². The summed E-state index contributed by atoms with van der Waals surface area (Å²) < 4.78 is 26.7. The number of hydrogen-bond donors (Lipinski definition) is 0. The third-order valence-electron chi connectivity index (χ3n) is 2.64. The predicted molar refractivity (Wildman–Crippen MR) is 83.5 cm³/mol. The molecule has 2 rings (SSSR count). The topological polar surface area (TPSA) is 52.0 Å². The maximum atomic E-state index is 12.6. The number of aromatic nitrogens is 2. The first-order valence-electron chi connectivity index (χ1n) is 5.28. The van der Waals surface area contributed by atoms with Crippen LogP contribution >= 0.6 is 50.7 Å². The Morgan fingerprint density at radius 1 is 1.10 bits per heavy atom. The van der Waals surface area contributed by atoms with Gasteiger partial charge in [-0.05, 0) is 41.9 Å². The summed E-state index contributed by atoms with van der Waals surface area (Å²) in [5.74, 6) is 0. The van der Waals surface area contributed by atoms with Crippen LogP contribution in [0.25, 0.3) is 0 Å². The summed E-state index contributed by atoms with van der Waals surface area (Å²) in [6, 6.07) is 2.50. The molecular formula is C11H8BrCl3N2O2S. The molecule has 108 valence electrons. The van der Waals surface area contributed by atoms with Crippen molar-refractivity contribution in [1.29, 1.82) is 0 Å². The number of benzene rings is 1. The molecule has 1 aromatic carbocycles. The molecule has 1 aromatic heterocycles. The summed E-state index contributed by atoms with van der Waals surface area (Å²) >= 11 is 20.9. The first-order valence-corrected chi connectivity index (χ1v) is 8.64. The Morgan fingerprint density at radius 3 is 2.15 bits per heavy atom. The summed E-state index contributed by atoms with van der Waals surface area (Å²) in [7, 11) is -3.94. The van der Waals surface area contributed by atoms with Gasteiger partial charge in [-0.1, -0.05) is 34.8 Å². The van der Waals surface area contributed by atoms with E-state index in [0.717, 1.165) is 4.09 Å². The Labute approximate surface area is 139 Å². The van der Waals surface area contributed by atoms with Gasteiger partial charge in [-0.2, -0.15) is 17.6 Å². The summed E-state index contributed by atoms with van der Waals surface area (Å²) in [4.78, 5) is -0.147. The van der Waals surface area contributed by atoms with Gasteiger partial charge >= 0.3 is 0 Å². The third-order valence-corrected chi connectivity index (χ3v) is 6.64. The first kappa shape index (κ1) is 16.1. The molecule has 0 aliphatic heterocycles. The monoisotopic (exact) mass is 416 g/mol. The van der Waals surface area contributed by atoms with E-state index in [1.807, 2.05) is 0 Å². The van der Waals surface area contributed by atoms with Crippen molar-refractivity contribution in [1.82, 2.24) is 9.19 Å². The Bertz CT molecular complexity index is 802. The lowest BCUT2D eigenvalue weighted by atomic mass is 10.4. The Balaban J connectivity index is 2.73. The van der Waals surface area contributed by atoms with Crippen LogP contribution in [0.4, 0.5) is 0 Å². The van der Waals surface area contributed by atoms with E-state index in [2.05, 4.69) is 21.0 Å². The Hall–Kier alpha value is -0.270. The molecule has 2 aromatic rings. The number of nitrogens with zero attached hydrogens (tertiary/aromatic N) is 2. The second-order valence-corrected chi connectivity index (χ2v) is 7.78. The van der Waals surface area contributed by atoms with E-state index < -0.39 is 10.0 Å². The normalized spacial score (nSPS) is 11.9. The fourth-order valence-electron chi connectivity index (χ4n) is 1.63. The summed E-state index contributed by atoms with van der Waals surface area (Å²) in [5, 5.41) is 4.28. The SMILES string of the molecule is Cc1nn(S(=O)(=O)c2cc(Cl)c(Cl)cc2Cl)c(C)c1Br. The van der Waals surface area contributed by atoms with Crippen LogP contribution in [0.5, 0.6) is 0 Å². The quantitative estimate of drug-likeness (QED) is 0.677. The van der Waals surface area contributed by atoms with E-state index in [1.54, 1.807) is 13.8 Å². The highest BCUT2D eigenvalue weighted by Gasteiger charge is 2.26. The Kier molecular flexibility index (Phi) is 4.43. The zero-order valence-electron chi connectivity index (χ0n) is 10.3. The molecule has 20 heavy (non-hydrogen) atoms. The van der Waals surface area contributed by atoms with Crippen molar-refractivity contribution in [2.75, 3.05) is 0 Å². The van der Waals surface area contributed by atoms with Gasteiger partial charge in [-0.3, -0.25) is 0 Å². The van der Waals surface area contributed by atoms with Gasteiger partial charge < -0.3 is 0 Å². The Morgan fingerprint density at radius 2 is 1.65 bits per heavy atom. The van der Waals surface area contributed by atoms with Crippen molar-refractivity contribution in [3.05, 3.63) is 43.1 Å². The smallest absolute Gasteiger partial charge is 0.199 e. The minimum Gasteiger partial charge on any atom is -0.199 e. The number of halogens is 4. The lowest BCUT2D eigenvalue weighted by molar-refractivity contribution is 0.578. The molecule has 0 amide bonds. The van der Waals surface area contributed by atoms with Crippen LogP contribution in [0.15, 0.2) is 21.5 Å². The molecule has 0 unspecified atom stereocenters. The number of aryl methyl sites for hydroxylation is 1. The first-order chi connectivity index (χ1) is 9.16. The number of rotatable bonds is 2. The minimum absolute atomic E-state index is 0.0110. The average Bonchev–Trinajstić information content (AvgIpc) is 2.62. The molecule has 0 atom stereocenters. The second kappa shape index (κ2) is 5.50. The van der Waals surface area contributed by atoms with E-state index in [9.17, 15) is 8.42 Å². The van der Waals surface area contributed by atoms with Crippen LogP contribution in [-0.4, -0.2) is 17.6 Å². The lowest BCUT2D eigenvalue weighted by Crippen LogP contribution is -2.16. The molecular weight excluding hydrogens is 410 g/mol. The molecule has 0 bridgehead atoms. The highest BCUT2D eigenvalue weighted by atomic mass is 79.9. The summed E-state index contributed by atoms with van der Waals surface area (Å²) in [6.07, 6.45) is 0. The molecule has 0 saturated heterocycles. The van der Waals surface area contributed by atoms with E-state index in [0.29, 0.717) is 15.9 Å². The van der Waals surface area contributed by atoms with Crippen molar-refractivity contribution in [3.63, 3.8) is 0 Å². The van der Waals surface area contributed by atoms with Gasteiger partial charge in [0.25, 0.3) is 10.0 Å². The molecule has 1 heterocycles. The van der Waals surface area contributed by atoms with Gasteiger partial charge in [0.15, 0.2) is 0 Å². The highest BCUT2D eigenvalue weighted by Crippen LogP contribution is 2.33. The van der Waals surface area contributed by atoms with Crippen LogP contribution in [0.2, 0.25) is 15.1 Å². The minimum atomic E-state index is -3.94. The van der Waals surface area contributed by atoms with Gasteiger partial charge in [0, 0.05) is 0 Å². The van der Waals surface area contributed by atoms with Crippen LogP contribution in [0.1, 0.15) is 11.4 Å². The molecule has 9 heteroatoms. The summed E-state index contributed by atoms with van der Waals surface area (Å²) in [6.45, 7) is 3.33. The molecule has 0 N–H and O–H groups in total. The molecule has 0 aliphatic rings. The second-order valence-electron chi connectivity index (χ2n) is 4.03. The molecule has 4 nitrogen and oxygen atoms in total. The maximum Gasteiger partial charge on any atom is 0.284 e. The maximum absolute atomic E-state index is 12.6. The van der Waals surface area contributed by atoms with Gasteiger partial charge in [0.1, 0.15) is 4.90 Å². The van der Waals surface area contributed by atoms with E-state index in [1.165, 1.54) is 12.1 Å². The van der Waals surface area contributed by atoms with Crippen molar-refractivity contribution in [2.45, 2.75) is 18.7 Å². The molecule has 0 saturated carbocycles. The van der Waals surface area contributed by atoms with E-state index in [-0.39, 0.29) is 20.0 Å². The highest BCUT2D eigenvalue weighted by molar-refractivity contribution is 9.10. The van der Waals surface area contributed by atoms with E-state index >= 15 is 0 Å². The zero-order chi connectivity index (χ0) is 15.2. The largest absolute Gasteiger partial charge is 0.284 e. The van der Waals surface area contributed by atoms with Crippen LogP contribution in [0.3, 0.4) is 0 Å². The van der Waals surface area contributed by atoms with E-state index in [4.69, 9.17) is 34.8 Å². The zero-order valence-corrected chi connectivity index (χ0v) is 15.0. The van der Waals surface area contributed by atoms with Crippen molar-refractivity contribution in [3.8, 4) is 0 Å². The molecule has 0 aliphatic carbocycles. The molecule has 0 radical (unpaired) electrons. The van der Waals surface area contributed by atoms with Crippen LogP contribution in [0, 0.1) is 13.8 Å². The average molecular weight is 419 g/mol. The standard InChI is InChI=1S/C11H8BrCl3N2O2S/c1-5-11(12)6(2)17(16-5)20(18,19)10-4-8(14)7(13)3-9(10)15/h3-4H,1-2H3. The van der Waals surface area contributed by atoms with Gasteiger partial charge in [-0.25, -0.2) is 0 Å². The van der Waals surface area contributed by atoms with Gasteiger partial charge in [-0.15, -0.1) is 0 Å². The summed E-state index contributed by atoms with van der Waals surface area (Å²) in [5.41, 5.74) is 1.01. The number of hydrogen-bond acceptors (Lipinski definition) is 3. The van der Waals surface area contributed by atoms with Gasteiger partial charge in [0.05, 0.1) is 30.9 Å². The third kappa shape index (κ3) is 2.60. The van der Waals surface area contributed by atoms with Crippen molar-refractivity contribution >= 4 is 60.8 Å². The van der Waals surface area contributed by atoms with Gasteiger partial charge in [0.2, 0.25) is 0 Å². The van der Waals surface area contributed by atoms with Crippen LogP contribution < -0.4 is 0 Å². The predicted octanol–water partition coefficient (Wildman–Crippen LogP) is 4.46. The molecule has 0 spiro atoms. The lowest BCUT2D eigenvalue weighted by Gasteiger charge is -2.09. The molecule has 0 fully saturated rings. The fourth-order valence-corrected chi connectivity index (χ4v) is 4.34. The van der Waals surface area contributed by atoms with Crippen LogP contribution in [-0.2, 0) is 10.0 Å². The fraction of sp³-hybridized carbons (Fsp3) is 0.182.